The van der Waals surface area contributed by atoms with E-state index in [0.29, 0.717) is 11.8 Å². The molecule has 2 atom stereocenters. The molecule has 0 aliphatic rings. The van der Waals surface area contributed by atoms with Crippen LogP contribution in [-0.4, -0.2) is 10.2 Å². The van der Waals surface area contributed by atoms with Crippen LogP contribution in [0.5, 0.6) is 11.5 Å². The first-order valence-corrected chi connectivity index (χ1v) is 9.03. The van der Waals surface area contributed by atoms with Crippen LogP contribution >= 0.6 is 31.9 Å². The Morgan fingerprint density at radius 2 is 1.14 bits per heavy atom. The molecule has 0 radical (unpaired) electrons. The molecule has 0 saturated carbocycles. The molecule has 0 bridgehead atoms. The Morgan fingerprint density at radius 3 is 1.41 bits per heavy atom. The lowest BCUT2D eigenvalue weighted by Crippen LogP contribution is -2.11. The van der Waals surface area contributed by atoms with Crippen molar-refractivity contribution < 1.29 is 10.2 Å². The molecular weight excluding hydrogens is 408 g/mol. The van der Waals surface area contributed by atoms with E-state index in [1.807, 2.05) is 12.1 Å². The molecule has 0 saturated heterocycles. The highest BCUT2D eigenvalue weighted by Crippen LogP contribution is 2.44. The molecule has 2 aromatic rings. The maximum absolute atomic E-state index is 9.61. The van der Waals surface area contributed by atoms with E-state index in [1.54, 1.807) is 24.3 Å². The fourth-order valence-electron chi connectivity index (χ4n) is 3.08. The quantitative estimate of drug-likeness (QED) is 0.586. The molecule has 0 amide bonds. The maximum atomic E-state index is 9.61. The van der Waals surface area contributed by atoms with Gasteiger partial charge in [0.25, 0.3) is 0 Å². The fraction of sp³-hybridized carbons (Fsp3) is 0.333. The molecule has 0 aliphatic heterocycles. The molecule has 0 fully saturated rings. The van der Waals surface area contributed by atoms with Gasteiger partial charge in [-0.2, -0.15) is 0 Å². The van der Waals surface area contributed by atoms with E-state index >= 15 is 0 Å². The number of hydrogen-bond donors (Lipinski definition) is 2. The van der Waals surface area contributed by atoms with Gasteiger partial charge in [0.1, 0.15) is 11.5 Å². The van der Waals surface area contributed by atoms with E-state index in [4.69, 9.17) is 0 Å². The van der Waals surface area contributed by atoms with Crippen LogP contribution in [0.3, 0.4) is 0 Å². The van der Waals surface area contributed by atoms with Crippen molar-refractivity contribution in [1.82, 2.24) is 0 Å². The van der Waals surface area contributed by atoms with Gasteiger partial charge >= 0.3 is 0 Å². The van der Waals surface area contributed by atoms with Gasteiger partial charge in [-0.25, -0.2) is 0 Å². The van der Waals surface area contributed by atoms with E-state index in [9.17, 15) is 10.2 Å². The van der Waals surface area contributed by atoms with Gasteiger partial charge in [0, 0.05) is 8.95 Å². The Hall–Kier alpha value is -1.00. The van der Waals surface area contributed by atoms with Gasteiger partial charge in [-0.15, -0.1) is 0 Å². The number of halogens is 2. The normalized spacial score (nSPS) is 13.8. The Bertz CT molecular complexity index is 598. The first kappa shape index (κ1) is 17.4. The Morgan fingerprint density at radius 1 is 0.773 bits per heavy atom. The number of aromatic hydroxyl groups is 2. The summed E-state index contributed by atoms with van der Waals surface area (Å²) in [5, 5.41) is 19.2. The van der Waals surface area contributed by atoms with Gasteiger partial charge < -0.3 is 10.2 Å². The van der Waals surface area contributed by atoms with Crippen LogP contribution in [0.25, 0.3) is 0 Å². The van der Waals surface area contributed by atoms with Crippen LogP contribution in [-0.2, 0) is 0 Å². The summed E-state index contributed by atoms with van der Waals surface area (Å²) in [5.41, 5.74) is 2.40. The first-order chi connectivity index (χ1) is 10.5. The van der Waals surface area contributed by atoms with E-state index < -0.39 is 0 Å². The van der Waals surface area contributed by atoms with Gasteiger partial charge in [-0.05, 0) is 60.1 Å². The molecule has 0 heterocycles. The third-order valence-corrected chi connectivity index (χ3v) is 5.51. The molecule has 4 heteroatoms. The predicted octanol–water partition coefficient (Wildman–Crippen LogP) is 6.31. The highest BCUT2D eigenvalue weighted by atomic mass is 79.9. The van der Waals surface area contributed by atoms with Crippen molar-refractivity contribution in [3.8, 4) is 11.5 Å². The summed E-state index contributed by atoms with van der Waals surface area (Å²) >= 11 is 7.15. The largest absolute Gasteiger partial charge is 0.508 e. The molecule has 2 N–H and O–H groups in total. The molecule has 118 valence electrons. The van der Waals surface area contributed by atoms with Crippen LogP contribution in [0.2, 0.25) is 0 Å². The Kier molecular flexibility index (Phi) is 5.93. The molecule has 0 spiro atoms. The molecule has 0 aromatic heterocycles. The monoisotopic (exact) mass is 426 g/mol. The summed E-state index contributed by atoms with van der Waals surface area (Å²) in [6, 6.07) is 10.9. The summed E-state index contributed by atoms with van der Waals surface area (Å²) < 4.78 is 1.88. The van der Waals surface area contributed by atoms with Crippen molar-refractivity contribution in [3.05, 3.63) is 56.5 Å². The van der Waals surface area contributed by atoms with Gasteiger partial charge in [-0.3, -0.25) is 0 Å². The van der Waals surface area contributed by atoms with E-state index in [-0.39, 0.29) is 11.5 Å². The number of hydrogen-bond acceptors (Lipinski definition) is 2. The second kappa shape index (κ2) is 7.51. The average Bonchev–Trinajstić information content (AvgIpc) is 2.47. The molecule has 2 rings (SSSR count). The molecule has 2 aromatic carbocycles. The average molecular weight is 428 g/mol. The SMILES string of the molecule is CCC(c1ccc(O)cc1Br)C(CC)c1ccc(O)cc1Br. The minimum Gasteiger partial charge on any atom is -0.508 e. The zero-order valence-electron chi connectivity index (χ0n) is 12.7. The molecule has 2 nitrogen and oxygen atoms in total. The topological polar surface area (TPSA) is 40.5 Å². The summed E-state index contributed by atoms with van der Waals surface area (Å²) in [5.74, 6) is 1.20. The van der Waals surface area contributed by atoms with Crippen molar-refractivity contribution in [1.29, 1.82) is 0 Å². The Labute approximate surface area is 148 Å². The second-order valence-corrected chi connectivity index (χ2v) is 7.15. The van der Waals surface area contributed by atoms with Crippen LogP contribution in [0.1, 0.15) is 49.7 Å². The lowest BCUT2D eigenvalue weighted by molar-refractivity contribution is 0.469. The standard InChI is InChI=1S/C18H20Br2O2/c1-3-13(15-7-5-11(21)9-17(15)19)14(4-2)16-8-6-12(22)10-18(16)20/h5-10,13-14,21-22H,3-4H2,1-2H3. The second-order valence-electron chi connectivity index (χ2n) is 5.44. The first-order valence-electron chi connectivity index (χ1n) is 7.44. The predicted molar refractivity (Wildman–Crippen MR) is 97.7 cm³/mol. The van der Waals surface area contributed by atoms with Crippen molar-refractivity contribution in [2.75, 3.05) is 0 Å². The number of phenols is 2. The van der Waals surface area contributed by atoms with Crippen molar-refractivity contribution in [2.24, 2.45) is 0 Å². The highest BCUT2D eigenvalue weighted by molar-refractivity contribution is 9.10. The number of phenolic OH excluding ortho intramolecular Hbond substituents is 2. The lowest BCUT2D eigenvalue weighted by atomic mass is 9.78. The van der Waals surface area contributed by atoms with Crippen LogP contribution in [0.4, 0.5) is 0 Å². The third-order valence-electron chi connectivity index (χ3n) is 4.13. The third kappa shape index (κ3) is 3.66. The highest BCUT2D eigenvalue weighted by Gasteiger charge is 2.25. The minimum atomic E-state index is 0.268. The minimum absolute atomic E-state index is 0.268. The summed E-state index contributed by atoms with van der Waals surface area (Å²) in [4.78, 5) is 0. The van der Waals surface area contributed by atoms with E-state index in [2.05, 4.69) is 45.7 Å². The molecule has 22 heavy (non-hydrogen) atoms. The van der Waals surface area contributed by atoms with Crippen LogP contribution in [0.15, 0.2) is 45.3 Å². The van der Waals surface area contributed by atoms with Gasteiger partial charge in [0.2, 0.25) is 0 Å². The van der Waals surface area contributed by atoms with E-state index in [0.717, 1.165) is 21.8 Å². The zero-order chi connectivity index (χ0) is 16.3. The smallest absolute Gasteiger partial charge is 0.116 e. The lowest BCUT2D eigenvalue weighted by Gasteiger charge is -2.28. The van der Waals surface area contributed by atoms with Gasteiger partial charge in [0.15, 0.2) is 0 Å². The van der Waals surface area contributed by atoms with Crippen molar-refractivity contribution in [3.63, 3.8) is 0 Å². The van der Waals surface area contributed by atoms with Crippen LogP contribution in [0, 0.1) is 0 Å². The number of benzene rings is 2. The van der Waals surface area contributed by atoms with Crippen molar-refractivity contribution >= 4 is 31.9 Å². The molecule has 2 unspecified atom stereocenters. The summed E-state index contributed by atoms with van der Waals surface area (Å²) in [7, 11) is 0. The van der Waals surface area contributed by atoms with Crippen molar-refractivity contribution in [2.45, 2.75) is 38.5 Å². The Balaban J connectivity index is 2.46. The van der Waals surface area contributed by atoms with Crippen LogP contribution < -0.4 is 0 Å². The summed E-state index contributed by atoms with van der Waals surface area (Å²) in [6.07, 6.45) is 1.99. The maximum Gasteiger partial charge on any atom is 0.116 e. The zero-order valence-corrected chi connectivity index (χ0v) is 15.9. The molecular formula is C18H20Br2O2. The molecule has 0 aliphatic carbocycles. The van der Waals surface area contributed by atoms with E-state index in [1.165, 1.54) is 11.1 Å². The fourth-order valence-corrected chi connectivity index (χ4v) is 4.40. The van der Waals surface area contributed by atoms with Gasteiger partial charge in [-0.1, -0.05) is 57.8 Å². The summed E-state index contributed by atoms with van der Waals surface area (Å²) in [6.45, 7) is 4.36. The van der Waals surface area contributed by atoms with Gasteiger partial charge in [0.05, 0.1) is 0 Å². The number of rotatable bonds is 5.